The summed E-state index contributed by atoms with van der Waals surface area (Å²) in [5, 5.41) is 0. The van der Waals surface area contributed by atoms with Crippen molar-refractivity contribution in [1.29, 1.82) is 0 Å². The van der Waals surface area contributed by atoms with Gasteiger partial charge in [-0.1, -0.05) is 25.3 Å². The molecule has 1 fully saturated rings. The van der Waals surface area contributed by atoms with E-state index in [0.717, 1.165) is 24.5 Å². The Bertz CT molecular complexity index is 451. The first-order valence-corrected chi connectivity index (χ1v) is 7.07. The third-order valence-electron chi connectivity index (χ3n) is 4.23. The van der Waals surface area contributed by atoms with Gasteiger partial charge >= 0.3 is 6.18 Å². The average molecular weight is 286 g/mol. The molecule has 1 aromatic carbocycles. The second-order valence-electron chi connectivity index (χ2n) is 5.61. The summed E-state index contributed by atoms with van der Waals surface area (Å²) in [6.07, 6.45) is 1.44. The zero-order chi connectivity index (χ0) is 14.8. The highest BCUT2D eigenvalue weighted by Crippen LogP contribution is 2.37. The number of nitrogens with one attached hydrogen (secondary N) is 1. The van der Waals surface area contributed by atoms with Crippen molar-refractivity contribution < 1.29 is 13.2 Å². The van der Waals surface area contributed by atoms with Gasteiger partial charge in [-0.2, -0.15) is 13.2 Å². The fourth-order valence-corrected chi connectivity index (χ4v) is 3.15. The van der Waals surface area contributed by atoms with Gasteiger partial charge in [0.25, 0.3) is 0 Å². The molecule has 1 aliphatic rings. The fraction of sp³-hybridized carbons (Fsp3) is 0.600. The molecule has 1 aliphatic carbocycles. The number of alkyl halides is 3. The maximum Gasteiger partial charge on any atom is 0.416 e. The molecule has 1 atom stereocenters. The van der Waals surface area contributed by atoms with Crippen LogP contribution in [-0.2, 0) is 6.18 Å². The molecule has 2 nitrogen and oxygen atoms in total. The minimum atomic E-state index is -4.29. The molecule has 5 heteroatoms. The van der Waals surface area contributed by atoms with Crippen molar-refractivity contribution >= 4 is 0 Å². The largest absolute Gasteiger partial charge is 0.416 e. The van der Waals surface area contributed by atoms with Gasteiger partial charge in [0, 0.05) is 6.04 Å². The highest BCUT2D eigenvalue weighted by atomic mass is 19.4. The predicted octanol–water partition coefficient (Wildman–Crippen LogP) is 4.10. The number of hydrogen-bond acceptors (Lipinski definition) is 2. The van der Waals surface area contributed by atoms with Gasteiger partial charge < -0.3 is 0 Å². The molecule has 0 aliphatic heterocycles. The molecular formula is C15H21F3N2. The molecule has 0 amide bonds. The number of aryl methyl sites for hydroxylation is 1. The summed E-state index contributed by atoms with van der Waals surface area (Å²) in [6, 6.07) is 3.87. The summed E-state index contributed by atoms with van der Waals surface area (Å²) in [4.78, 5) is 0. The Morgan fingerprint density at radius 2 is 1.85 bits per heavy atom. The van der Waals surface area contributed by atoms with Crippen LogP contribution >= 0.6 is 0 Å². The lowest BCUT2D eigenvalue weighted by Crippen LogP contribution is -2.35. The molecule has 1 unspecified atom stereocenters. The molecule has 112 valence electrons. The number of rotatable bonds is 3. The first kappa shape index (κ1) is 15.3. The van der Waals surface area contributed by atoms with Gasteiger partial charge in [-0.15, -0.1) is 0 Å². The van der Waals surface area contributed by atoms with Crippen LogP contribution in [0.15, 0.2) is 18.2 Å². The number of hydrazine groups is 1. The number of benzene rings is 1. The first-order chi connectivity index (χ1) is 9.43. The standard InChI is InChI=1S/C15H21F3N2/c1-10-9-12(15(16,17)18)7-8-13(10)14(20-19)11-5-3-2-4-6-11/h7-9,11,14,20H,2-6,19H2,1H3. The minimum Gasteiger partial charge on any atom is -0.271 e. The second kappa shape index (κ2) is 6.14. The topological polar surface area (TPSA) is 38.0 Å². The van der Waals surface area contributed by atoms with E-state index in [4.69, 9.17) is 5.84 Å². The predicted molar refractivity (Wildman–Crippen MR) is 72.8 cm³/mol. The van der Waals surface area contributed by atoms with Crippen LogP contribution in [0.2, 0.25) is 0 Å². The van der Waals surface area contributed by atoms with Crippen LogP contribution in [0.4, 0.5) is 13.2 Å². The number of hydrogen-bond donors (Lipinski definition) is 2. The molecule has 0 saturated heterocycles. The second-order valence-corrected chi connectivity index (χ2v) is 5.61. The molecule has 0 heterocycles. The van der Waals surface area contributed by atoms with Crippen LogP contribution in [0, 0.1) is 12.8 Å². The van der Waals surface area contributed by atoms with Crippen LogP contribution in [0.3, 0.4) is 0 Å². The van der Waals surface area contributed by atoms with E-state index in [9.17, 15) is 13.2 Å². The Morgan fingerprint density at radius 1 is 1.20 bits per heavy atom. The van der Waals surface area contributed by atoms with Gasteiger partial charge in [-0.3, -0.25) is 11.3 Å². The summed E-state index contributed by atoms with van der Waals surface area (Å²) in [5.41, 5.74) is 3.74. The third-order valence-corrected chi connectivity index (χ3v) is 4.23. The van der Waals surface area contributed by atoms with Gasteiger partial charge in [0.1, 0.15) is 0 Å². The van der Waals surface area contributed by atoms with Crippen molar-refractivity contribution in [2.75, 3.05) is 0 Å². The van der Waals surface area contributed by atoms with E-state index in [-0.39, 0.29) is 6.04 Å². The number of halogens is 3. The molecule has 1 saturated carbocycles. The molecule has 0 spiro atoms. The summed E-state index contributed by atoms with van der Waals surface area (Å²) in [7, 11) is 0. The van der Waals surface area contributed by atoms with E-state index >= 15 is 0 Å². The van der Waals surface area contributed by atoms with Gasteiger partial charge in [0.15, 0.2) is 0 Å². The van der Waals surface area contributed by atoms with E-state index in [0.29, 0.717) is 11.5 Å². The fourth-order valence-electron chi connectivity index (χ4n) is 3.15. The van der Waals surface area contributed by atoms with Gasteiger partial charge in [0.05, 0.1) is 5.56 Å². The molecule has 0 radical (unpaired) electrons. The van der Waals surface area contributed by atoms with Gasteiger partial charge in [0.2, 0.25) is 0 Å². The van der Waals surface area contributed by atoms with Crippen LogP contribution in [-0.4, -0.2) is 0 Å². The van der Waals surface area contributed by atoms with Crippen molar-refractivity contribution in [3.8, 4) is 0 Å². The average Bonchev–Trinajstić information content (AvgIpc) is 2.41. The van der Waals surface area contributed by atoms with Gasteiger partial charge in [-0.05, 0) is 48.9 Å². The number of nitrogens with two attached hydrogens (primary N) is 1. The summed E-state index contributed by atoms with van der Waals surface area (Å²) in [6.45, 7) is 1.72. The summed E-state index contributed by atoms with van der Waals surface area (Å²) in [5.74, 6) is 6.06. The lowest BCUT2D eigenvalue weighted by molar-refractivity contribution is -0.137. The molecule has 0 aromatic heterocycles. The zero-order valence-corrected chi connectivity index (χ0v) is 11.6. The van der Waals surface area contributed by atoms with Crippen molar-refractivity contribution in [2.45, 2.75) is 51.2 Å². The summed E-state index contributed by atoms with van der Waals surface area (Å²) < 4.78 is 38.1. The monoisotopic (exact) mass is 286 g/mol. The SMILES string of the molecule is Cc1cc(C(F)(F)F)ccc1C(NN)C1CCCCC1. The Kier molecular flexibility index (Phi) is 4.70. The lowest BCUT2D eigenvalue weighted by atomic mass is 9.80. The lowest BCUT2D eigenvalue weighted by Gasteiger charge is -2.31. The Hall–Kier alpha value is -1.07. The Morgan fingerprint density at radius 3 is 2.35 bits per heavy atom. The van der Waals surface area contributed by atoms with Crippen molar-refractivity contribution in [1.82, 2.24) is 5.43 Å². The molecule has 1 aromatic rings. The van der Waals surface area contributed by atoms with E-state index in [1.807, 2.05) is 0 Å². The van der Waals surface area contributed by atoms with E-state index in [1.54, 1.807) is 13.0 Å². The van der Waals surface area contributed by atoms with Crippen molar-refractivity contribution in [3.63, 3.8) is 0 Å². The highest BCUT2D eigenvalue weighted by Gasteiger charge is 2.32. The van der Waals surface area contributed by atoms with E-state index < -0.39 is 11.7 Å². The van der Waals surface area contributed by atoms with Crippen LogP contribution in [0.25, 0.3) is 0 Å². The van der Waals surface area contributed by atoms with Gasteiger partial charge in [-0.25, -0.2) is 0 Å². The quantitative estimate of drug-likeness (QED) is 0.648. The van der Waals surface area contributed by atoms with Crippen molar-refractivity contribution in [3.05, 3.63) is 34.9 Å². The Labute approximate surface area is 117 Å². The van der Waals surface area contributed by atoms with E-state index in [2.05, 4.69) is 5.43 Å². The smallest absolute Gasteiger partial charge is 0.271 e. The maximum atomic E-state index is 12.7. The van der Waals surface area contributed by atoms with Crippen LogP contribution in [0.5, 0.6) is 0 Å². The molecule has 2 rings (SSSR count). The maximum absolute atomic E-state index is 12.7. The normalized spacial score (nSPS) is 19.1. The third kappa shape index (κ3) is 3.33. The molecule has 0 bridgehead atoms. The minimum absolute atomic E-state index is 0.0578. The molecule has 20 heavy (non-hydrogen) atoms. The Balaban J connectivity index is 2.26. The van der Waals surface area contributed by atoms with E-state index in [1.165, 1.54) is 25.3 Å². The highest BCUT2D eigenvalue weighted by molar-refractivity contribution is 5.35. The zero-order valence-electron chi connectivity index (χ0n) is 11.6. The summed E-state index contributed by atoms with van der Waals surface area (Å²) >= 11 is 0. The van der Waals surface area contributed by atoms with Crippen molar-refractivity contribution in [2.24, 2.45) is 11.8 Å². The molecule has 3 N–H and O–H groups in total. The van der Waals surface area contributed by atoms with Crippen LogP contribution < -0.4 is 11.3 Å². The van der Waals surface area contributed by atoms with Crippen LogP contribution in [0.1, 0.15) is 54.8 Å². The first-order valence-electron chi connectivity index (χ1n) is 7.07. The molecular weight excluding hydrogens is 265 g/mol.